The van der Waals surface area contributed by atoms with Gasteiger partial charge in [0.1, 0.15) is 0 Å². The minimum absolute atomic E-state index is 0. The van der Waals surface area contributed by atoms with E-state index in [1.54, 1.807) is 0 Å². The van der Waals surface area contributed by atoms with Crippen LogP contribution in [0.25, 0.3) is 0 Å². The first kappa shape index (κ1) is 22.4. The Balaban J connectivity index is -0.0000000267. The molecule has 0 amide bonds. The topological polar surface area (TPSA) is 57.5 Å². The van der Waals surface area contributed by atoms with Crippen LogP contribution in [0.15, 0.2) is 0 Å². The third-order valence-corrected chi connectivity index (χ3v) is 0. The van der Waals surface area contributed by atoms with Crippen LogP contribution in [0.1, 0.15) is 0 Å². The molecule has 0 aromatic carbocycles. The second-order valence-electron chi connectivity index (χ2n) is 0.589. The predicted octanol–water partition coefficient (Wildman–Crippen LogP) is -4.04. The van der Waals surface area contributed by atoms with Gasteiger partial charge in [-0.15, -0.1) is 0 Å². The van der Waals surface area contributed by atoms with Crippen molar-refractivity contribution in [1.82, 2.24) is 0 Å². The van der Waals surface area contributed by atoms with Crippen molar-refractivity contribution in [2.24, 2.45) is 0 Å². The van der Waals surface area contributed by atoms with Gasteiger partial charge in [0.05, 0.1) is 0 Å². The van der Waals surface area contributed by atoms with Crippen molar-refractivity contribution in [1.29, 1.82) is 0 Å². The SMILES string of the molecule is O=[P](O)(O)[SbH2].[AlH3].[LiH].[MgH2]. The molecule has 0 spiro atoms. The van der Waals surface area contributed by atoms with Crippen molar-refractivity contribution in [2.75, 3.05) is 0 Å². The summed E-state index contributed by atoms with van der Waals surface area (Å²) in [5.41, 5.74) is 0. The zero-order chi connectivity index (χ0) is 4.50. The minimum atomic E-state index is -3.51. The van der Waals surface area contributed by atoms with Gasteiger partial charge in [0.25, 0.3) is 0 Å². The van der Waals surface area contributed by atoms with Gasteiger partial charge in [-0.25, -0.2) is 0 Å². The Labute approximate surface area is 99.8 Å². The molecule has 44 valence electrons. The van der Waals surface area contributed by atoms with Crippen LogP contribution in [-0.2, 0) is 4.57 Å². The Bertz CT molecular complexity index is 65.4. The van der Waals surface area contributed by atoms with Gasteiger partial charge in [-0.05, 0) is 0 Å². The van der Waals surface area contributed by atoms with Gasteiger partial charge in [-0.3, -0.25) is 0 Å². The molecule has 0 atom stereocenters. The summed E-state index contributed by atoms with van der Waals surface area (Å²) in [6.45, 7) is 0. The van der Waals surface area contributed by atoms with Crippen molar-refractivity contribution >= 4 is 86.9 Å². The minimum Gasteiger partial charge on any atom is 0.316 e. The third-order valence-electron chi connectivity index (χ3n) is 0. The molecular formula is H10AlLiMgO3PSb. The fourth-order valence-corrected chi connectivity index (χ4v) is 0. The number of hydrogen-bond donors (Lipinski definition) is 2. The van der Waals surface area contributed by atoms with Gasteiger partial charge in [0.2, 0.25) is 0 Å². The van der Waals surface area contributed by atoms with Crippen molar-refractivity contribution in [3.8, 4) is 0 Å². The van der Waals surface area contributed by atoms with E-state index in [0.717, 1.165) is 0 Å². The summed E-state index contributed by atoms with van der Waals surface area (Å²) in [5.74, 6) is 0. The summed E-state index contributed by atoms with van der Waals surface area (Å²) in [6, 6.07) is 0. The first-order valence-corrected chi connectivity index (χ1v) is 6.94. The van der Waals surface area contributed by atoms with Crippen LogP contribution in [0.4, 0.5) is 0 Å². The molecule has 0 saturated heterocycles. The van der Waals surface area contributed by atoms with Crippen molar-refractivity contribution in [3.63, 3.8) is 0 Å². The number of hydrogen-bond acceptors (Lipinski definition) is 1. The average Bonchev–Trinajstić information content (AvgIpc) is 0.722. The van der Waals surface area contributed by atoms with Crippen molar-refractivity contribution < 1.29 is 14.4 Å². The average molecular weight is 269 g/mol. The fourth-order valence-electron chi connectivity index (χ4n) is 0. The van der Waals surface area contributed by atoms with E-state index in [2.05, 4.69) is 0 Å². The summed E-state index contributed by atoms with van der Waals surface area (Å²) < 4.78 is 9.38. The molecule has 3 nitrogen and oxygen atoms in total. The van der Waals surface area contributed by atoms with Gasteiger partial charge in [0, 0.05) is 0 Å². The zero-order valence-corrected chi connectivity index (χ0v) is 6.52. The molecule has 0 bridgehead atoms. The summed E-state index contributed by atoms with van der Waals surface area (Å²) in [5, 5.41) is -3.51. The van der Waals surface area contributed by atoms with E-state index in [0.29, 0.717) is 0 Å². The molecule has 0 aliphatic heterocycles. The maximum Gasteiger partial charge on any atom is 0.316 e. The molecule has 8 heavy (non-hydrogen) atoms. The van der Waals surface area contributed by atoms with Crippen LogP contribution in [-0.4, -0.2) is 91.5 Å². The second kappa shape index (κ2) is 9.86. The number of rotatable bonds is 0. The van der Waals surface area contributed by atoms with Crippen LogP contribution in [0, 0.1) is 0 Å². The zero-order valence-electron chi connectivity index (χ0n) is 2.33. The standard InChI is InChI=1S/Al.Li.Mg.HO3P.Sb.8H/c;;;1-4(2)3;;;;;;;;;/h;;;(H-,1,2,3);;;;;;;;;/q;;;;-1;;;;;;;;/p+1. The smallest absolute Gasteiger partial charge is 0.316 e. The fraction of sp³-hybridized carbons (Fsp3) is 0. The molecule has 0 saturated carbocycles. The third kappa shape index (κ3) is 66.8. The predicted molar refractivity (Wildman–Crippen MR) is 46.2 cm³/mol. The molecule has 0 rings (SSSR count). The first-order valence-electron chi connectivity index (χ1n) is 0.841. The molecule has 0 aliphatic rings. The molecule has 0 unspecified atom stereocenters. The first-order chi connectivity index (χ1) is 2.00. The van der Waals surface area contributed by atoms with Crippen LogP contribution in [0.2, 0.25) is 0 Å². The summed E-state index contributed by atoms with van der Waals surface area (Å²) in [6.07, 6.45) is 0. The largest absolute Gasteiger partial charge is 0.316 e. The van der Waals surface area contributed by atoms with Crippen molar-refractivity contribution in [2.45, 2.75) is 0 Å². The quantitative estimate of drug-likeness (QED) is 0.348. The Morgan fingerprint density at radius 3 is 1.38 bits per heavy atom. The van der Waals surface area contributed by atoms with E-state index in [9.17, 15) is 4.57 Å². The Kier molecular flexibility index (Phi) is 27.7. The van der Waals surface area contributed by atoms with E-state index in [1.807, 2.05) is 0 Å². The maximum absolute atomic E-state index is 9.38. The molecule has 0 aliphatic carbocycles. The van der Waals surface area contributed by atoms with Gasteiger partial charge >= 0.3 is 83.9 Å². The normalized spacial score (nSPS) is 7.38. The van der Waals surface area contributed by atoms with Gasteiger partial charge < -0.3 is 0 Å². The molecule has 0 aromatic rings. The maximum atomic E-state index is 9.38. The van der Waals surface area contributed by atoms with Gasteiger partial charge in [-0.2, -0.15) is 0 Å². The molecule has 2 N–H and O–H groups in total. The monoisotopic (exact) mass is 268 g/mol. The Hall–Kier alpha value is 2.86. The summed E-state index contributed by atoms with van der Waals surface area (Å²) in [4.78, 5) is 15.4. The molecule has 0 fully saturated rings. The Morgan fingerprint density at radius 2 is 1.38 bits per heavy atom. The van der Waals surface area contributed by atoms with Crippen LogP contribution in [0.5, 0.6) is 0 Å². The van der Waals surface area contributed by atoms with E-state index in [4.69, 9.17) is 9.79 Å². The van der Waals surface area contributed by atoms with Gasteiger partial charge in [-0.1, -0.05) is 0 Å². The van der Waals surface area contributed by atoms with Gasteiger partial charge in [0.15, 0.2) is 17.4 Å². The van der Waals surface area contributed by atoms with E-state index in [-0.39, 0.29) is 81.7 Å². The molecule has 8 heteroatoms. The molecule has 0 aromatic heterocycles. The van der Waals surface area contributed by atoms with Crippen LogP contribution < -0.4 is 0 Å². The van der Waals surface area contributed by atoms with Crippen molar-refractivity contribution in [3.05, 3.63) is 0 Å². The Morgan fingerprint density at radius 1 is 1.38 bits per heavy atom. The summed E-state index contributed by atoms with van der Waals surface area (Å²) in [7, 11) is 0. The summed E-state index contributed by atoms with van der Waals surface area (Å²) >= 11 is 0.0308. The van der Waals surface area contributed by atoms with Crippen LogP contribution in [0.3, 0.4) is 0 Å². The molecular weight excluding hydrogens is 259 g/mol. The second-order valence-corrected chi connectivity index (χ2v) is 7.53. The molecule has 0 heterocycles. The van der Waals surface area contributed by atoms with E-state index < -0.39 is 5.17 Å². The van der Waals surface area contributed by atoms with Crippen LogP contribution >= 0.6 is 5.17 Å². The van der Waals surface area contributed by atoms with E-state index >= 15 is 0 Å². The molecule has 0 radical (unpaired) electrons. The van der Waals surface area contributed by atoms with E-state index in [1.165, 1.54) is 0 Å².